The Morgan fingerprint density at radius 2 is 1.94 bits per heavy atom. The number of unbranched alkanes of at least 4 members (excludes halogenated alkanes) is 1. The van der Waals surface area contributed by atoms with Crippen molar-refractivity contribution < 1.29 is 14.4 Å². The minimum Gasteiger partial charge on any atom is -0.396 e. The molecule has 104 valence electrons. The Morgan fingerprint density at radius 1 is 1.22 bits per heavy atom. The van der Waals surface area contributed by atoms with Crippen LogP contribution in [0.4, 0.5) is 0 Å². The number of rotatable bonds is 9. The highest BCUT2D eigenvalue weighted by molar-refractivity contribution is 5.01. The molecule has 1 heterocycles. The van der Waals surface area contributed by atoms with E-state index in [1.165, 1.54) is 0 Å². The van der Waals surface area contributed by atoms with Crippen molar-refractivity contribution in [3.8, 4) is 0 Å². The third-order valence-electron chi connectivity index (χ3n) is 3.24. The quantitative estimate of drug-likeness (QED) is 0.687. The van der Waals surface area contributed by atoms with Gasteiger partial charge in [-0.05, 0) is 32.6 Å². The largest absolute Gasteiger partial charge is 0.396 e. The van der Waals surface area contributed by atoms with Crippen LogP contribution in [0.5, 0.6) is 0 Å². The van der Waals surface area contributed by atoms with Crippen LogP contribution >= 0.6 is 0 Å². The standard InChI is InChI=1S/C13H24N2O3/c1-4-13(5-2,17-6-3)12-14-11(18-15-12)9-7-8-10-16/h16H,4-10H2,1-3H3. The van der Waals surface area contributed by atoms with Gasteiger partial charge in [0.1, 0.15) is 5.60 Å². The molecule has 0 aliphatic rings. The van der Waals surface area contributed by atoms with Crippen LogP contribution in [0.15, 0.2) is 4.52 Å². The number of aliphatic hydroxyl groups excluding tert-OH is 1. The molecule has 0 aromatic carbocycles. The van der Waals surface area contributed by atoms with Crippen LogP contribution in [0.3, 0.4) is 0 Å². The van der Waals surface area contributed by atoms with Crippen molar-refractivity contribution in [2.75, 3.05) is 13.2 Å². The van der Waals surface area contributed by atoms with Gasteiger partial charge in [0.25, 0.3) is 0 Å². The lowest BCUT2D eigenvalue weighted by Crippen LogP contribution is -2.29. The van der Waals surface area contributed by atoms with E-state index in [2.05, 4.69) is 24.0 Å². The second-order valence-corrected chi connectivity index (χ2v) is 4.33. The van der Waals surface area contributed by atoms with E-state index in [1.807, 2.05) is 6.92 Å². The maximum absolute atomic E-state index is 8.74. The molecule has 0 atom stereocenters. The van der Waals surface area contributed by atoms with Gasteiger partial charge in [0, 0.05) is 19.6 Å². The minimum atomic E-state index is -0.423. The smallest absolute Gasteiger partial charge is 0.226 e. The van der Waals surface area contributed by atoms with Gasteiger partial charge < -0.3 is 14.4 Å². The van der Waals surface area contributed by atoms with Gasteiger partial charge in [-0.2, -0.15) is 4.98 Å². The van der Waals surface area contributed by atoms with Crippen molar-refractivity contribution in [1.29, 1.82) is 0 Å². The molecule has 1 aromatic rings. The predicted molar refractivity (Wildman–Crippen MR) is 68.2 cm³/mol. The van der Waals surface area contributed by atoms with Crippen LogP contribution in [-0.2, 0) is 16.8 Å². The summed E-state index contributed by atoms with van der Waals surface area (Å²) >= 11 is 0. The van der Waals surface area contributed by atoms with Crippen molar-refractivity contribution in [2.45, 2.75) is 58.5 Å². The predicted octanol–water partition coefficient (Wildman–Crippen LogP) is 2.44. The van der Waals surface area contributed by atoms with Crippen LogP contribution < -0.4 is 0 Å². The number of hydrogen-bond donors (Lipinski definition) is 1. The van der Waals surface area contributed by atoms with Crippen molar-refractivity contribution in [1.82, 2.24) is 10.1 Å². The molecule has 5 heteroatoms. The summed E-state index contributed by atoms with van der Waals surface area (Å²) in [5.41, 5.74) is -0.423. The monoisotopic (exact) mass is 256 g/mol. The first-order valence-corrected chi connectivity index (χ1v) is 6.80. The van der Waals surface area contributed by atoms with E-state index < -0.39 is 5.60 Å². The van der Waals surface area contributed by atoms with Gasteiger partial charge in [-0.25, -0.2) is 0 Å². The Kier molecular flexibility index (Phi) is 6.29. The topological polar surface area (TPSA) is 68.4 Å². The van der Waals surface area contributed by atoms with E-state index in [0.29, 0.717) is 24.7 Å². The molecule has 1 rings (SSSR count). The van der Waals surface area contributed by atoms with Gasteiger partial charge in [0.15, 0.2) is 0 Å². The second-order valence-electron chi connectivity index (χ2n) is 4.33. The number of hydrogen-bond acceptors (Lipinski definition) is 5. The fourth-order valence-electron chi connectivity index (χ4n) is 2.04. The first-order valence-electron chi connectivity index (χ1n) is 6.80. The van der Waals surface area contributed by atoms with E-state index >= 15 is 0 Å². The van der Waals surface area contributed by atoms with Crippen molar-refractivity contribution >= 4 is 0 Å². The highest BCUT2D eigenvalue weighted by Gasteiger charge is 2.34. The Labute approximate surface area is 109 Å². The molecule has 0 fully saturated rings. The van der Waals surface area contributed by atoms with Gasteiger partial charge in [0.05, 0.1) is 0 Å². The fourth-order valence-corrected chi connectivity index (χ4v) is 2.04. The molecule has 0 saturated carbocycles. The molecule has 1 N–H and O–H groups in total. The van der Waals surface area contributed by atoms with Gasteiger partial charge in [0.2, 0.25) is 11.7 Å². The van der Waals surface area contributed by atoms with Gasteiger partial charge >= 0.3 is 0 Å². The maximum atomic E-state index is 8.74. The molecule has 1 aromatic heterocycles. The maximum Gasteiger partial charge on any atom is 0.226 e. The fraction of sp³-hybridized carbons (Fsp3) is 0.846. The lowest BCUT2D eigenvalue weighted by molar-refractivity contribution is -0.0583. The second kappa shape index (κ2) is 7.48. The summed E-state index contributed by atoms with van der Waals surface area (Å²) < 4.78 is 11.1. The molecule has 0 unspecified atom stereocenters. The van der Waals surface area contributed by atoms with Gasteiger partial charge in [-0.15, -0.1) is 0 Å². The normalized spacial score (nSPS) is 12.0. The Bertz CT molecular complexity index is 335. The summed E-state index contributed by atoms with van der Waals surface area (Å²) in [6, 6.07) is 0. The molecule has 0 amide bonds. The van der Waals surface area contributed by atoms with Crippen molar-refractivity contribution in [2.24, 2.45) is 0 Å². The van der Waals surface area contributed by atoms with Gasteiger partial charge in [-0.1, -0.05) is 19.0 Å². The Morgan fingerprint density at radius 3 is 2.50 bits per heavy atom. The van der Waals surface area contributed by atoms with E-state index in [1.54, 1.807) is 0 Å². The van der Waals surface area contributed by atoms with Crippen molar-refractivity contribution in [3.05, 3.63) is 11.7 Å². The third kappa shape index (κ3) is 3.53. The minimum absolute atomic E-state index is 0.202. The summed E-state index contributed by atoms with van der Waals surface area (Å²) in [7, 11) is 0. The number of aromatic nitrogens is 2. The summed E-state index contributed by atoms with van der Waals surface area (Å²) in [5.74, 6) is 1.28. The van der Waals surface area contributed by atoms with E-state index in [-0.39, 0.29) is 6.61 Å². The zero-order valence-electron chi connectivity index (χ0n) is 11.6. The number of ether oxygens (including phenoxy) is 1. The Balaban J connectivity index is 2.74. The summed E-state index contributed by atoms with van der Waals surface area (Å²) in [4.78, 5) is 4.43. The van der Waals surface area contributed by atoms with Crippen LogP contribution in [0.2, 0.25) is 0 Å². The van der Waals surface area contributed by atoms with Gasteiger partial charge in [-0.3, -0.25) is 0 Å². The van der Waals surface area contributed by atoms with E-state index in [4.69, 9.17) is 14.4 Å². The first kappa shape index (κ1) is 15.1. The number of aliphatic hydroxyl groups is 1. The average molecular weight is 256 g/mol. The molecule has 0 saturated heterocycles. The highest BCUT2D eigenvalue weighted by atomic mass is 16.5. The van der Waals surface area contributed by atoms with Crippen molar-refractivity contribution in [3.63, 3.8) is 0 Å². The molecule has 0 spiro atoms. The molecule has 0 bridgehead atoms. The summed E-state index contributed by atoms with van der Waals surface area (Å²) in [6.45, 7) is 6.95. The molecule has 0 radical (unpaired) electrons. The average Bonchev–Trinajstić information content (AvgIpc) is 2.86. The first-order chi connectivity index (χ1) is 8.72. The van der Waals surface area contributed by atoms with Crippen LogP contribution in [0, 0.1) is 0 Å². The highest BCUT2D eigenvalue weighted by Crippen LogP contribution is 2.30. The summed E-state index contributed by atoms with van der Waals surface area (Å²) in [5, 5.41) is 12.8. The van der Waals surface area contributed by atoms with Crippen LogP contribution in [0.25, 0.3) is 0 Å². The van der Waals surface area contributed by atoms with E-state index in [0.717, 1.165) is 25.7 Å². The molecular weight excluding hydrogens is 232 g/mol. The van der Waals surface area contributed by atoms with Crippen LogP contribution in [-0.4, -0.2) is 28.5 Å². The molecule has 5 nitrogen and oxygen atoms in total. The zero-order valence-corrected chi connectivity index (χ0v) is 11.6. The summed E-state index contributed by atoms with van der Waals surface area (Å²) in [6.07, 6.45) is 3.98. The Hall–Kier alpha value is -0.940. The molecule has 18 heavy (non-hydrogen) atoms. The van der Waals surface area contributed by atoms with E-state index in [9.17, 15) is 0 Å². The lowest BCUT2D eigenvalue weighted by Gasteiger charge is -2.27. The third-order valence-corrected chi connectivity index (χ3v) is 3.24. The SMILES string of the molecule is CCOC(CC)(CC)c1noc(CCCCO)n1. The molecular formula is C13H24N2O3. The zero-order chi connectivity index (χ0) is 13.4. The molecule has 0 aliphatic heterocycles. The number of aryl methyl sites for hydroxylation is 1. The number of nitrogens with zero attached hydrogens (tertiary/aromatic N) is 2. The molecule has 0 aliphatic carbocycles. The van der Waals surface area contributed by atoms with Crippen LogP contribution in [0.1, 0.15) is 58.2 Å². The lowest BCUT2D eigenvalue weighted by atomic mass is 9.96.